The number of carbonyl (C=O) groups is 1. The first-order valence-electron chi connectivity index (χ1n) is 10.4. The van der Waals surface area contributed by atoms with Crippen molar-refractivity contribution in [2.75, 3.05) is 18.5 Å². The summed E-state index contributed by atoms with van der Waals surface area (Å²) in [6.45, 7) is 11.0. The van der Waals surface area contributed by atoms with Crippen molar-refractivity contribution < 1.29 is 9.53 Å². The van der Waals surface area contributed by atoms with Gasteiger partial charge in [0.15, 0.2) is 11.4 Å². The van der Waals surface area contributed by atoms with Gasteiger partial charge in [-0.25, -0.2) is 15.0 Å². The van der Waals surface area contributed by atoms with Crippen molar-refractivity contribution in [3.8, 4) is 5.75 Å². The summed E-state index contributed by atoms with van der Waals surface area (Å²) in [5.74, 6) is 2.27. The predicted molar refractivity (Wildman–Crippen MR) is 111 cm³/mol. The van der Waals surface area contributed by atoms with E-state index in [1.54, 1.807) is 0 Å². The number of piperidine rings is 1. The third-order valence-corrected chi connectivity index (χ3v) is 6.09. The quantitative estimate of drug-likeness (QED) is 0.836. The lowest BCUT2D eigenvalue weighted by Crippen LogP contribution is -2.49. The van der Waals surface area contributed by atoms with Crippen LogP contribution in [0.4, 0.5) is 5.95 Å². The van der Waals surface area contributed by atoms with Gasteiger partial charge in [-0.3, -0.25) is 4.79 Å². The standard InChI is InChI=1S/C22H29N5O2/c1-6-29-18-8-7-12(2)23-20(18)21(28)27-11-17-9-16(17)10-19(27)26-22-24-14(4)13(3)15(5)25-22/h7-8,16-17,19H,6,9-11H2,1-5H3,(H,24,25,26). The molecule has 2 fully saturated rings. The van der Waals surface area contributed by atoms with E-state index in [2.05, 4.69) is 20.3 Å². The molecular weight excluding hydrogens is 366 g/mol. The Balaban J connectivity index is 1.63. The van der Waals surface area contributed by atoms with Gasteiger partial charge < -0.3 is 15.0 Å². The molecule has 1 aliphatic carbocycles. The highest BCUT2D eigenvalue weighted by molar-refractivity contribution is 5.95. The van der Waals surface area contributed by atoms with Crippen LogP contribution in [0.2, 0.25) is 0 Å². The number of nitrogens with zero attached hydrogens (tertiary/aromatic N) is 4. The van der Waals surface area contributed by atoms with E-state index < -0.39 is 0 Å². The van der Waals surface area contributed by atoms with E-state index >= 15 is 0 Å². The zero-order valence-corrected chi connectivity index (χ0v) is 17.8. The minimum atomic E-state index is -0.149. The van der Waals surface area contributed by atoms with E-state index in [0.717, 1.165) is 35.6 Å². The lowest BCUT2D eigenvalue weighted by Gasteiger charge is -2.36. The number of amides is 1. The number of pyridine rings is 1. The molecule has 29 heavy (non-hydrogen) atoms. The maximum Gasteiger partial charge on any atom is 0.277 e. The SMILES string of the molecule is CCOc1ccc(C)nc1C(=O)N1CC2CC2CC1Nc1nc(C)c(C)c(C)n1. The molecule has 3 atom stereocenters. The van der Waals surface area contributed by atoms with Gasteiger partial charge in [0.05, 0.1) is 6.61 Å². The first-order chi connectivity index (χ1) is 13.9. The molecule has 3 unspecified atom stereocenters. The summed E-state index contributed by atoms with van der Waals surface area (Å²) in [7, 11) is 0. The number of likely N-dealkylation sites (tertiary alicyclic amines) is 1. The molecule has 1 N–H and O–H groups in total. The predicted octanol–water partition coefficient (Wildman–Crippen LogP) is 3.42. The average Bonchev–Trinajstić information content (AvgIpc) is 3.44. The summed E-state index contributed by atoms with van der Waals surface area (Å²) in [5, 5.41) is 3.43. The van der Waals surface area contributed by atoms with Crippen molar-refractivity contribution in [1.29, 1.82) is 0 Å². The van der Waals surface area contributed by atoms with Crippen LogP contribution in [-0.2, 0) is 0 Å². The summed E-state index contributed by atoms with van der Waals surface area (Å²) in [5.41, 5.74) is 4.19. The molecule has 1 saturated heterocycles. The van der Waals surface area contributed by atoms with Gasteiger partial charge >= 0.3 is 0 Å². The number of anilines is 1. The van der Waals surface area contributed by atoms with Crippen LogP contribution in [0.5, 0.6) is 5.75 Å². The summed E-state index contributed by atoms with van der Waals surface area (Å²) in [6, 6.07) is 3.71. The smallest absolute Gasteiger partial charge is 0.277 e. The Kier molecular flexibility index (Phi) is 5.15. The molecule has 1 saturated carbocycles. The largest absolute Gasteiger partial charge is 0.491 e. The third kappa shape index (κ3) is 3.91. The van der Waals surface area contributed by atoms with Gasteiger partial charge in [0, 0.05) is 23.6 Å². The van der Waals surface area contributed by atoms with Gasteiger partial charge in [-0.1, -0.05) is 0 Å². The first-order valence-corrected chi connectivity index (χ1v) is 10.4. The number of nitrogens with one attached hydrogen (secondary N) is 1. The number of hydrogen-bond donors (Lipinski definition) is 1. The molecule has 0 radical (unpaired) electrons. The van der Waals surface area contributed by atoms with Gasteiger partial charge in [-0.05, 0) is 77.0 Å². The summed E-state index contributed by atoms with van der Waals surface area (Å²) in [4.78, 5) is 29.1. The van der Waals surface area contributed by atoms with Gasteiger partial charge in [0.25, 0.3) is 5.91 Å². The number of carbonyl (C=O) groups excluding carboxylic acids is 1. The molecule has 0 spiro atoms. The first kappa shape index (κ1) is 19.6. The van der Waals surface area contributed by atoms with Gasteiger partial charge in [-0.15, -0.1) is 0 Å². The number of ether oxygens (including phenoxy) is 1. The Morgan fingerprint density at radius 2 is 1.83 bits per heavy atom. The summed E-state index contributed by atoms with van der Waals surface area (Å²) >= 11 is 0. The van der Waals surface area contributed by atoms with E-state index in [4.69, 9.17) is 4.74 Å². The fraction of sp³-hybridized carbons (Fsp3) is 0.545. The second kappa shape index (κ2) is 7.61. The molecule has 2 aromatic rings. The van der Waals surface area contributed by atoms with Crippen molar-refractivity contribution in [3.63, 3.8) is 0 Å². The summed E-state index contributed by atoms with van der Waals surface area (Å²) in [6.07, 6.45) is 1.93. The van der Waals surface area contributed by atoms with E-state index in [0.29, 0.717) is 35.8 Å². The van der Waals surface area contributed by atoms with Crippen molar-refractivity contribution >= 4 is 11.9 Å². The van der Waals surface area contributed by atoms with Crippen LogP contribution in [0.1, 0.15) is 52.9 Å². The molecule has 1 aliphatic heterocycles. The molecule has 7 heteroatoms. The van der Waals surface area contributed by atoms with E-state index in [1.807, 2.05) is 51.7 Å². The molecule has 2 aliphatic rings. The van der Waals surface area contributed by atoms with Gasteiger partial charge in [-0.2, -0.15) is 0 Å². The number of aryl methyl sites for hydroxylation is 3. The second-order valence-electron chi connectivity index (χ2n) is 8.18. The van der Waals surface area contributed by atoms with Crippen LogP contribution in [0.25, 0.3) is 0 Å². The van der Waals surface area contributed by atoms with Crippen LogP contribution in [-0.4, -0.2) is 45.1 Å². The number of fused-ring (bicyclic) bond motifs is 1. The van der Waals surface area contributed by atoms with Crippen LogP contribution < -0.4 is 10.1 Å². The molecule has 1 amide bonds. The topological polar surface area (TPSA) is 80.2 Å². The number of rotatable bonds is 5. The Morgan fingerprint density at radius 1 is 1.10 bits per heavy atom. The molecule has 0 aromatic carbocycles. The van der Waals surface area contributed by atoms with Gasteiger partial charge in [0.1, 0.15) is 6.17 Å². The highest BCUT2D eigenvalue weighted by Gasteiger charge is 2.48. The van der Waals surface area contributed by atoms with Crippen molar-refractivity contribution in [2.45, 2.75) is 53.6 Å². The lowest BCUT2D eigenvalue weighted by atomic mass is 10.1. The highest BCUT2D eigenvalue weighted by atomic mass is 16.5. The summed E-state index contributed by atoms with van der Waals surface area (Å²) < 4.78 is 5.68. The molecule has 3 heterocycles. The Morgan fingerprint density at radius 3 is 2.52 bits per heavy atom. The maximum atomic E-state index is 13.5. The Hall–Kier alpha value is -2.70. The second-order valence-corrected chi connectivity index (χ2v) is 8.18. The fourth-order valence-corrected chi connectivity index (χ4v) is 4.07. The Labute approximate surface area is 171 Å². The van der Waals surface area contributed by atoms with Crippen molar-refractivity contribution in [3.05, 3.63) is 40.5 Å². The van der Waals surface area contributed by atoms with Crippen LogP contribution in [0.15, 0.2) is 12.1 Å². The zero-order valence-electron chi connectivity index (χ0n) is 17.8. The zero-order chi connectivity index (χ0) is 20.7. The molecular formula is C22H29N5O2. The molecule has 7 nitrogen and oxygen atoms in total. The van der Waals surface area contributed by atoms with Crippen molar-refractivity contribution in [1.82, 2.24) is 19.9 Å². The van der Waals surface area contributed by atoms with Crippen LogP contribution in [0.3, 0.4) is 0 Å². The normalized spacial score (nSPS) is 22.8. The third-order valence-electron chi connectivity index (χ3n) is 6.09. The Bertz CT molecular complexity index is 922. The minimum Gasteiger partial charge on any atom is -0.491 e. The van der Waals surface area contributed by atoms with E-state index in [-0.39, 0.29) is 12.1 Å². The van der Waals surface area contributed by atoms with Gasteiger partial charge in [0.2, 0.25) is 5.95 Å². The average molecular weight is 396 g/mol. The maximum absolute atomic E-state index is 13.5. The van der Waals surface area contributed by atoms with Crippen LogP contribution >= 0.6 is 0 Å². The monoisotopic (exact) mass is 395 g/mol. The van der Waals surface area contributed by atoms with Crippen LogP contribution in [0, 0.1) is 39.5 Å². The molecule has 2 aromatic heterocycles. The van der Waals surface area contributed by atoms with E-state index in [1.165, 1.54) is 6.42 Å². The minimum absolute atomic E-state index is 0.0967. The lowest BCUT2D eigenvalue weighted by molar-refractivity contribution is 0.0622. The molecule has 154 valence electrons. The number of aromatic nitrogens is 3. The van der Waals surface area contributed by atoms with Crippen molar-refractivity contribution in [2.24, 2.45) is 11.8 Å². The van der Waals surface area contributed by atoms with E-state index in [9.17, 15) is 4.79 Å². The highest BCUT2D eigenvalue weighted by Crippen LogP contribution is 2.47. The number of hydrogen-bond acceptors (Lipinski definition) is 6. The molecule has 0 bridgehead atoms. The fourth-order valence-electron chi connectivity index (χ4n) is 4.07. The molecule has 4 rings (SSSR count).